The lowest BCUT2D eigenvalue weighted by Gasteiger charge is -2.14. The zero-order valence-corrected chi connectivity index (χ0v) is 12.5. The second-order valence-corrected chi connectivity index (χ2v) is 4.89. The number of amides is 2. The number of ether oxygens (including phenoxy) is 1. The Morgan fingerprint density at radius 3 is 2.90 bits per heavy atom. The Hall–Kier alpha value is -1.82. The molecule has 0 saturated heterocycles. The first-order chi connectivity index (χ1) is 10.1. The van der Waals surface area contributed by atoms with Crippen molar-refractivity contribution in [2.24, 2.45) is 0 Å². The van der Waals surface area contributed by atoms with Gasteiger partial charge in [-0.2, -0.15) is 0 Å². The summed E-state index contributed by atoms with van der Waals surface area (Å²) >= 11 is 0. The minimum absolute atomic E-state index is 0.0167. The lowest BCUT2D eigenvalue weighted by molar-refractivity contribution is 0.234. The molecule has 1 unspecified atom stereocenters. The number of hydrogen-bond acceptors (Lipinski definition) is 3. The molecule has 3 N–H and O–H groups in total. The maximum atomic E-state index is 13.2. The Morgan fingerprint density at radius 2 is 2.24 bits per heavy atom. The maximum absolute atomic E-state index is 13.2. The van der Waals surface area contributed by atoms with Gasteiger partial charge in [0.05, 0.1) is 7.11 Å². The summed E-state index contributed by atoms with van der Waals surface area (Å²) in [5, 5.41) is 14.2. The maximum Gasteiger partial charge on any atom is 0.315 e. The molecule has 1 rings (SSSR count). The lowest BCUT2D eigenvalue weighted by atomic mass is 10.1. The first-order valence-corrected chi connectivity index (χ1v) is 7.04. The number of hydrogen-bond donors (Lipinski definition) is 3. The van der Waals surface area contributed by atoms with Crippen molar-refractivity contribution in [1.29, 1.82) is 0 Å². The fourth-order valence-corrected chi connectivity index (χ4v) is 1.92. The van der Waals surface area contributed by atoms with Crippen molar-refractivity contribution < 1.29 is 19.0 Å². The second-order valence-electron chi connectivity index (χ2n) is 4.89. The van der Waals surface area contributed by atoms with E-state index in [1.807, 2.05) is 6.92 Å². The van der Waals surface area contributed by atoms with Crippen LogP contribution in [0.2, 0.25) is 0 Å². The highest BCUT2D eigenvalue weighted by Crippen LogP contribution is 2.18. The minimum Gasteiger partial charge on any atom is -0.494 e. The highest BCUT2D eigenvalue weighted by atomic mass is 19.1. The van der Waals surface area contributed by atoms with E-state index in [9.17, 15) is 9.18 Å². The molecule has 0 bridgehead atoms. The summed E-state index contributed by atoms with van der Waals surface area (Å²) in [6, 6.07) is 4.42. The molecule has 0 aliphatic rings. The molecule has 0 fully saturated rings. The molecule has 0 heterocycles. The molecule has 0 saturated carbocycles. The number of nitrogens with one attached hydrogen (secondary N) is 2. The first kappa shape index (κ1) is 17.2. The number of benzene rings is 1. The Balaban J connectivity index is 2.31. The van der Waals surface area contributed by atoms with Crippen LogP contribution in [0, 0.1) is 5.82 Å². The van der Waals surface area contributed by atoms with E-state index >= 15 is 0 Å². The normalized spacial score (nSPS) is 11.8. The monoisotopic (exact) mass is 298 g/mol. The standard InChI is InChI=1S/C15H23FN2O3/c1-11(4-3-9-19)18-15(20)17-8-7-12-5-6-13(16)14(10-12)21-2/h5-6,10-11,19H,3-4,7-9H2,1-2H3,(H2,17,18,20). The van der Waals surface area contributed by atoms with Gasteiger partial charge in [0.15, 0.2) is 11.6 Å². The molecule has 118 valence electrons. The third-order valence-corrected chi connectivity index (χ3v) is 3.09. The largest absolute Gasteiger partial charge is 0.494 e. The van der Waals surface area contributed by atoms with E-state index in [4.69, 9.17) is 9.84 Å². The van der Waals surface area contributed by atoms with Crippen LogP contribution in [0.4, 0.5) is 9.18 Å². The topological polar surface area (TPSA) is 70.6 Å². The van der Waals surface area contributed by atoms with Crippen molar-refractivity contribution in [3.63, 3.8) is 0 Å². The molecule has 5 nitrogen and oxygen atoms in total. The van der Waals surface area contributed by atoms with Crippen molar-refractivity contribution in [2.45, 2.75) is 32.2 Å². The van der Waals surface area contributed by atoms with Gasteiger partial charge in [-0.15, -0.1) is 0 Å². The molecule has 6 heteroatoms. The van der Waals surface area contributed by atoms with E-state index in [2.05, 4.69) is 10.6 Å². The van der Waals surface area contributed by atoms with Gasteiger partial charge in [-0.05, 0) is 43.9 Å². The molecule has 1 atom stereocenters. The first-order valence-electron chi connectivity index (χ1n) is 7.04. The number of carbonyl (C=O) groups is 1. The number of carbonyl (C=O) groups excluding carboxylic acids is 1. The highest BCUT2D eigenvalue weighted by molar-refractivity contribution is 5.74. The van der Waals surface area contributed by atoms with Crippen LogP contribution in [0.3, 0.4) is 0 Å². The van der Waals surface area contributed by atoms with Gasteiger partial charge < -0.3 is 20.5 Å². The summed E-state index contributed by atoms with van der Waals surface area (Å²) in [6.45, 7) is 2.47. The molecule has 0 radical (unpaired) electrons. The van der Waals surface area contributed by atoms with Gasteiger partial charge in [0.2, 0.25) is 0 Å². The van der Waals surface area contributed by atoms with Crippen molar-refractivity contribution in [3.05, 3.63) is 29.6 Å². The van der Waals surface area contributed by atoms with Crippen LogP contribution in [0.1, 0.15) is 25.3 Å². The highest BCUT2D eigenvalue weighted by Gasteiger charge is 2.07. The van der Waals surface area contributed by atoms with Crippen LogP contribution in [0.25, 0.3) is 0 Å². The zero-order valence-electron chi connectivity index (χ0n) is 12.5. The fraction of sp³-hybridized carbons (Fsp3) is 0.533. The Morgan fingerprint density at radius 1 is 1.48 bits per heavy atom. The van der Waals surface area contributed by atoms with Crippen LogP contribution < -0.4 is 15.4 Å². The van der Waals surface area contributed by atoms with Gasteiger partial charge in [0, 0.05) is 19.2 Å². The third-order valence-electron chi connectivity index (χ3n) is 3.09. The van der Waals surface area contributed by atoms with Gasteiger partial charge in [0.25, 0.3) is 0 Å². The predicted octanol–water partition coefficient (Wildman–Crippen LogP) is 1.84. The smallest absolute Gasteiger partial charge is 0.315 e. The molecular weight excluding hydrogens is 275 g/mol. The lowest BCUT2D eigenvalue weighted by Crippen LogP contribution is -2.41. The summed E-state index contributed by atoms with van der Waals surface area (Å²) in [5.74, 6) is -0.195. The van der Waals surface area contributed by atoms with Gasteiger partial charge in [-0.3, -0.25) is 0 Å². The Kier molecular flexibility index (Phi) is 7.53. The van der Waals surface area contributed by atoms with Gasteiger partial charge in [0.1, 0.15) is 0 Å². The summed E-state index contributed by atoms with van der Waals surface area (Å²) in [7, 11) is 1.42. The van der Waals surface area contributed by atoms with Gasteiger partial charge >= 0.3 is 6.03 Å². The van der Waals surface area contributed by atoms with Crippen molar-refractivity contribution in [2.75, 3.05) is 20.3 Å². The average Bonchev–Trinajstić information content (AvgIpc) is 2.46. The molecule has 1 aromatic rings. The van der Waals surface area contributed by atoms with E-state index in [1.165, 1.54) is 13.2 Å². The average molecular weight is 298 g/mol. The number of rotatable bonds is 8. The van der Waals surface area contributed by atoms with Crippen molar-refractivity contribution >= 4 is 6.03 Å². The number of urea groups is 1. The van der Waals surface area contributed by atoms with Crippen LogP contribution in [-0.4, -0.2) is 37.4 Å². The van der Waals surface area contributed by atoms with Crippen LogP contribution in [-0.2, 0) is 6.42 Å². The number of aliphatic hydroxyl groups excluding tert-OH is 1. The molecule has 2 amide bonds. The molecular formula is C15H23FN2O3. The van der Waals surface area contributed by atoms with E-state index in [-0.39, 0.29) is 24.4 Å². The van der Waals surface area contributed by atoms with Crippen LogP contribution in [0.5, 0.6) is 5.75 Å². The Bertz CT molecular complexity index is 455. The van der Waals surface area contributed by atoms with E-state index in [0.717, 1.165) is 12.0 Å². The number of aliphatic hydroxyl groups is 1. The number of halogens is 1. The fourth-order valence-electron chi connectivity index (χ4n) is 1.92. The molecule has 0 spiro atoms. The Labute approximate surface area is 124 Å². The van der Waals surface area contributed by atoms with E-state index in [1.54, 1.807) is 12.1 Å². The summed E-state index contributed by atoms with van der Waals surface area (Å²) in [4.78, 5) is 11.6. The quantitative estimate of drug-likeness (QED) is 0.686. The van der Waals surface area contributed by atoms with Crippen LogP contribution >= 0.6 is 0 Å². The predicted molar refractivity (Wildman–Crippen MR) is 79.0 cm³/mol. The summed E-state index contributed by atoms with van der Waals surface area (Å²) in [5.41, 5.74) is 0.891. The molecule has 0 aliphatic carbocycles. The molecule has 0 aliphatic heterocycles. The SMILES string of the molecule is COc1cc(CCNC(=O)NC(C)CCCO)ccc1F. The van der Waals surface area contributed by atoms with Gasteiger partial charge in [-0.1, -0.05) is 6.07 Å². The molecule has 21 heavy (non-hydrogen) atoms. The van der Waals surface area contributed by atoms with E-state index < -0.39 is 5.82 Å². The van der Waals surface area contributed by atoms with E-state index in [0.29, 0.717) is 19.4 Å². The summed E-state index contributed by atoms with van der Waals surface area (Å²) < 4.78 is 18.2. The third kappa shape index (κ3) is 6.44. The minimum atomic E-state index is -0.398. The van der Waals surface area contributed by atoms with Crippen LogP contribution in [0.15, 0.2) is 18.2 Å². The van der Waals surface area contributed by atoms with Crippen molar-refractivity contribution in [1.82, 2.24) is 10.6 Å². The molecule has 1 aromatic carbocycles. The second kappa shape index (κ2) is 9.18. The zero-order chi connectivity index (χ0) is 15.7. The van der Waals surface area contributed by atoms with Crippen molar-refractivity contribution in [3.8, 4) is 5.75 Å². The summed E-state index contributed by atoms with van der Waals surface area (Å²) in [6.07, 6.45) is 1.99. The number of methoxy groups -OCH3 is 1. The molecule has 0 aromatic heterocycles. The van der Waals surface area contributed by atoms with Gasteiger partial charge in [-0.25, -0.2) is 9.18 Å².